The molecule has 0 atom stereocenters. The van der Waals surface area contributed by atoms with Crippen LogP contribution in [0.3, 0.4) is 0 Å². The van der Waals surface area contributed by atoms with E-state index in [1.54, 1.807) is 18.2 Å². The predicted octanol–water partition coefficient (Wildman–Crippen LogP) is 4.60. The molecule has 3 aromatic rings. The van der Waals surface area contributed by atoms with Crippen molar-refractivity contribution in [1.82, 2.24) is 0 Å². The van der Waals surface area contributed by atoms with Gasteiger partial charge in [0.2, 0.25) is 0 Å². The minimum absolute atomic E-state index is 0.0326. The fourth-order valence-electron chi connectivity index (χ4n) is 3.13. The van der Waals surface area contributed by atoms with E-state index in [0.29, 0.717) is 29.1 Å². The van der Waals surface area contributed by atoms with Crippen LogP contribution >= 0.6 is 0 Å². The third-order valence-electron chi connectivity index (χ3n) is 4.75. The molecule has 0 spiro atoms. The van der Waals surface area contributed by atoms with Crippen LogP contribution in [0.25, 0.3) is 11.0 Å². The molecular weight excluding hydrogens is 370 g/mol. The summed E-state index contributed by atoms with van der Waals surface area (Å²) in [5.41, 5.74) is 4.06. The van der Waals surface area contributed by atoms with Crippen molar-refractivity contribution in [1.29, 1.82) is 0 Å². The second kappa shape index (κ2) is 8.39. The van der Waals surface area contributed by atoms with E-state index >= 15 is 0 Å². The maximum absolute atomic E-state index is 12.1. The topological polar surface area (TPSA) is 77.8 Å². The highest BCUT2D eigenvalue weighted by molar-refractivity contribution is 5.91. The largest absolute Gasteiger partial charge is 0.489 e. The predicted molar refractivity (Wildman–Crippen MR) is 113 cm³/mol. The van der Waals surface area contributed by atoms with Crippen LogP contribution in [0.1, 0.15) is 40.9 Å². The fourth-order valence-corrected chi connectivity index (χ4v) is 3.13. The standard InChI is InChI=1S/C23H25NO5/c1-13(2)28-20-9-7-16(23(26)27-5)10-19(20)24-12-17-11-21(25)29-22-15(4)14(3)6-8-18(17)22/h6-11,13,24H,12H2,1-5H3. The molecule has 0 amide bonds. The maximum Gasteiger partial charge on any atom is 0.337 e. The summed E-state index contributed by atoms with van der Waals surface area (Å²) in [6.07, 6.45) is -0.0326. The number of esters is 1. The Morgan fingerprint density at radius 3 is 2.59 bits per heavy atom. The Bertz CT molecular complexity index is 1110. The molecule has 0 unspecified atom stereocenters. The molecular formula is C23H25NO5. The van der Waals surface area contributed by atoms with Gasteiger partial charge in [0.1, 0.15) is 11.3 Å². The van der Waals surface area contributed by atoms with E-state index in [0.717, 1.165) is 22.1 Å². The van der Waals surface area contributed by atoms with Gasteiger partial charge in [-0.15, -0.1) is 0 Å². The first-order valence-electron chi connectivity index (χ1n) is 9.46. The zero-order chi connectivity index (χ0) is 21.1. The number of methoxy groups -OCH3 is 1. The van der Waals surface area contributed by atoms with Gasteiger partial charge >= 0.3 is 11.6 Å². The highest BCUT2D eigenvalue weighted by Gasteiger charge is 2.14. The highest BCUT2D eigenvalue weighted by Crippen LogP contribution is 2.29. The molecule has 1 N–H and O–H groups in total. The van der Waals surface area contributed by atoms with E-state index < -0.39 is 11.6 Å². The third-order valence-corrected chi connectivity index (χ3v) is 4.75. The zero-order valence-corrected chi connectivity index (χ0v) is 17.3. The maximum atomic E-state index is 12.1. The normalized spacial score (nSPS) is 11.0. The molecule has 0 saturated carbocycles. The van der Waals surface area contributed by atoms with Crippen molar-refractivity contribution in [2.45, 2.75) is 40.3 Å². The van der Waals surface area contributed by atoms with Crippen molar-refractivity contribution in [3.8, 4) is 5.75 Å². The third kappa shape index (κ3) is 4.42. The lowest BCUT2D eigenvalue weighted by atomic mass is 10.0. The molecule has 29 heavy (non-hydrogen) atoms. The molecule has 0 aliphatic carbocycles. The second-order valence-corrected chi connectivity index (χ2v) is 7.20. The number of hydrogen-bond acceptors (Lipinski definition) is 6. The molecule has 0 fully saturated rings. The lowest BCUT2D eigenvalue weighted by Crippen LogP contribution is -2.11. The van der Waals surface area contributed by atoms with Crippen LogP contribution in [0.2, 0.25) is 0 Å². The minimum Gasteiger partial charge on any atom is -0.489 e. The molecule has 0 saturated heterocycles. The van der Waals surface area contributed by atoms with Crippen LogP contribution in [0, 0.1) is 13.8 Å². The van der Waals surface area contributed by atoms with Crippen molar-refractivity contribution in [3.63, 3.8) is 0 Å². The van der Waals surface area contributed by atoms with Crippen molar-refractivity contribution >= 4 is 22.6 Å². The van der Waals surface area contributed by atoms with Gasteiger partial charge in [0.15, 0.2) is 0 Å². The van der Waals surface area contributed by atoms with E-state index in [1.807, 2.05) is 39.8 Å². The van der Waals surface area contributed by atoms with Crippen LogP contribution in [0.15, 0.2) is 45.6 Å². The van der Waals surface area contributed by atoms with Gasteiger partial charge in [0, 0.05) is 18.0 Å². The first-order chi connectivity index (χ1) is 13.8. The van der Waals surface area contributed by atoms with Crippen molar-refractivity contribution in [3.05, 3.63) is 69.1 Å². The quantitative estimate of drug-likeness (QED) is 0.486. The van der Waals surface area contributed by atoms with Crippen LogP contribution in [0.4, 0.5) is 5.69 Å². The first kappa shape index (κ1) is 20.5. The molecule has 6 heteroatoms. The Balaban J connectivity index is 1.99. The monoisotopic (exact) mass is 395 g/mol. The van der Waals surface area contributed by atoms with Crippen LogP contribution < -0.4 is 15.7 Å². The van der Waals surface area contributed by atoms with Crippen molar-refractivity contribution in [2.75, 3.05) is 12.4 Å². The van der Waals surface area contributed by atoms with E-state index in [4.69, 9.17) is 13.9 Å². The number of carbonyl (C=O) groups excluding carboxylic acids is 1. The average Bonchev–Trinajstić information content (AvgIpc) is 2.69. The Labute approximate surface area is 169 Å². The number of aryl methyl sites for hydroxylation is 2. The van der Waals surface area contributed by atoms with Gasteiger partial charge in [0.25, 0.3) is 0 Å². The Morgan fingerprint density at radius 1 is 1.14 bits per heavy atom. The highest BCUT2D eigenvalue weighted by atomic mass is 16.5. The SMILES string of the molecule is COC(=O)c1ccc(OC(C)C)c(NCc2cc(=O)oc3c(C)c(C)ccc23)c1. The molecule has 0 aliphatic rings. The smallest absolute Gasteiger partial charge is 0.337 e. The fraction of sp³-hybridized carbons (Fsp3) is 0.304. The molecule has 0 radical (unpaired) electrons. The second-order valence-electron chi connectivity index (χ2n) is 7.20. The zero-order valence-electron chi connectivity index (χ0n) is 17.3. The van der Waals surface area contributed by atoms with Gasteiger partial charge in [-0.3, -0.25) is 0 Å². The summed E-state index contributed by atoms with van der Waals surface area (Å²) in [5.74, 6) is 0.188. The Kier molecular flexibility index (Phi) is 5.92. The van der Waals surface area contributed by atoms with Crippen LogP contribution in [0.5, 0.6) is 5.75 Å². The van der Waals surface area contributed by atoms with E-state index in [2.05, 4.69) is 5.32 Å². The molecule has 0 aliphatic heterocycles. The number of anilines is 1. The number of carbonyl (C=O) groups is 1. The van der Waals surface area contributed by atoms with Crippen LogP contribution in [-0.2, 0) is 11.3 Å². The molecule has 6 nitrogen and oxygen atoms in total. The van der Waals surface area contributed by atoms with Gasteiger partial charge in [-0.2, -0.15) is 0 Å². The van der Waals surface area contributed by atoms with Crippen LogP contribution in [-0.4, -0.2) is 19.2 Å². The summed E-state index contributed by atoms with van der Waals surface area (Å²) in [6, 6.07) is 10.5. The molecule has 1 aromatic heterocycles. The molecule has 152 valence electrons. The molecule has 2 aromatic carbocycles. The van der Waals surface area contributed by atoms with Gasteiger partial charge in [-0.25, -0.2) is 9.59 Å². The van der Waals surface area contributed by atoms with Gasteiger partial charge in [-0.05, 0) is 62.6 Å². The molecule has 0 bridgehead atoms. The van der Waals surface area contributed by atoms with Crippen molar-refractivity contribution in [2.24, 2.45) is 0 Å². The number of ether oxygens (including phenoxy) is 2. The summed E-state index contributed by atoms with van der Waals surface area (Å²) >= 11 is 0. The number of benzene rings is 2. The van der Waals surface area contributed by atoms with Crippen molar-refractivity contribution < 1.29 is 18.7 Å². The summed E-state index contributed by atoms with van der Waals surface area (Å²) in [4.78, 5) is 24.0. The lowest BCUT2D eigenvalue weighted by Gasteiger charge is -2.17. The van der Waals surface area contributed by atoms with E-state index in [9.17, 15) is 9.59 Å². The summed E-state index contributed by atoms with van der Waals surface area (Å²) in [6.45, 7) is 8.14. The first-order valence-corrected chi connectivity index (χ1v) is 9.46. The summed E-state index contributed by atoms with van der Waals surface area (Å²) in [5, 5.41) is 4.17. The van der Waals surface area contributed by atoms with Gasteiger partial charge in [0.05, 0.1) is 24.5 Å². The van der Waals surface area contributed by atoms with E-state index in [1.165, 1.54) is 13.2 Å². The van der Waals surface area contributed by atoms with E-state index in [-0.39, 0.29) is 6.10 Å². The summed E-state index contributed by atoms with van der Waals surface area (Å²) in [7, 11) is 1.34. The lowest BCUT2D eigenvalue weighted by molar-refractivity contribution is 0.0600. The Hall–Kier alpha value is -3.28. The number of hydrogen-bond donors (Lipinski definition) is 1. The number of fused-ring (bicyclic) bond motifs is 1. The molecule has 3 rings (SSSR count). The average molecular weight is 395 g/mol. The molecule has 1 heterocycles. The Morgan fingerprint density at radius 2 is 1.90 bits per heavy atom. The number of rotatable bonds is 6. The minimum atomic E-state index is -0.430. The van der Waals surface area contributed by atoms with Gasteiger partial charge < -0.3 is 19.2 Å². The number of nitrogens with one attached hydrogen (secondary N) is 1. The van der Waals surface area contributed by atoms with Gasteiger partial charge in [-0.1, -0.05) is 12.1 Å². The summed E-state index contributed by atoms with van der Waals surface area (Å²) < 4.78 is 16.1.